The van der Waals surface area contributed by atoms with E-state index in [0.717, 1.165) is 10.4 Å². The van der Waals surface area contributed by atoms with E-state index in [4.69, 9.17) is 0 Å². The van der Waals surface area contributed by atoms with Crippen LogP contribution in [-0.2, 0) is 0 Å². The summed E-state index contributed by atoms with van der Waals surface area (Å²) in [5.74, 6) is 0. The number of nitrogens with zero attached hydrogens (tertiary/aromatic N) is 2. The van der Waals surface area contributed by atoms with Gasteiger partial charge in [0.25, 0.3) is 0 Å². The van der Waals surface area contributed by atoms with Crippen molar-refractivity contribution in [2.45, 2.75) is 13.0 Å². The van der Waals surface area contributed by atoms with Crippen molar-refractivity contribution in [1.82, 2.24) is 9.97 Å². The van der Waals surface area contributed by atoms with E-state index in [1.54, 1.807) is 23.7 Å². The molecule has 0 aliphatic heterocycles. The molecule has 3 nitrogen and oxygen atoms in total. The Morgan fingerprint density at radius 1 is 1.29 bits per heavy atom. The molecule has 0 bridgehead atoms. The van der Waals surface area contributed by atoms with E-state index in [9.17, 15) is 5.11 Å². The Hall–Kier alpha value is -1.26. The highest BCUT2D eigenvalue weighted by Crippen LogP contribution is 2.26. The van der Waals surface area contributed by atoms with E-state index < -0.39 is 6.10 Å². The van der Waals surface area contributed by atoms with Crippen LogP contribution in [0.15, 0.2) is 30.9 Å². The molecule has 2 aromatic heterocycles. The summed E-state index contributed by atoms with van der Waals surface area (Å²) in [6, 6.07) is 3.92. The molecule has 0 saturated carbocycles. The van der Waals surface area contributed by atoms with E-state index >= 15 is 0 Å². The van der Waals surface area contributed by atoms with Crippen LogP contribution < -0.4 is 0 Å². The molecule has 0 spiro atoms. The Bertz CT molecular complexity index is 413. The highest BCUT2D eigenvalue weighted by Gasteiger charge is 2.12. The predicted octanol–water partition coefficient (Wildman–Crippen LogP) is 1.93. The molecule has 2 rings (SSSR count). The molecule has 2 aromatic rings. The first kappa shape index (κ1) is 9.30. The third-order valence-corrected chi connectivity index (χ3v) is 2.98. The molecule has 0 aliphatic carbocycles. The minimum Gasteiger partial charge on any atom is -0.383 e. The minimum atomic E-state index is -0.602. The van der Waals surface area contributed by atoms with Crippen molar-refractivity contribution in [2.75, 3.05) is 0 Å². The highest BCUT2D eigenvalue weighted by atomic mass is 32.1. The summed E-state index contributed by atoms with van der Waals surface area (Å²) in [4.78, 5) is 9.86. The van der Waals surface area contributed by atoms with Crippen LogP contribution in [0.5, 0.6) is 0 Å². The molecule has 1 unspecified atom stereocenters. The van der Waals surface area contributed by atoms with Crippen molar-refractivity contribution in [3.8, 4) is 0 Å². The standard InChI is InChI=1S/C10H10N2OS/c1-7-2-3-9(14-7)10(13)8-4-11-6-12-5-8/h2-6,10,13H,1H3. The summed E-state index contributed by atoms with van der Waals surface area (Å²) in [6.45, 7) is 2.02. The molecule has 14 heavy (non-hydrogen) atoms. The van der Waals surface area contributed by atoms with E-state index in [2.05, 4.69) is 9.97 Å². The average Bonchev–Trinajstić information content (AvgIpc) is 2.65. The van der Waals surface area contributed by atoms with E-state index in [0.29, 0.717) is 0 Å². The van der Waals surface area contributed by atoms with Crippen LogP contribution >= 0.6 is 11.3 Å². The topological polar surface area (TPSA) is 46.0 Å². The normalized spacial score (nSPS) is 12.7. The van der Waals surface area contributed by atoms with Crippen molar-refractivity contribution in [1.29, 1.82) is 0 Å². The van der Waals surface area contributed by atoms with Gasteiger partial charge in [-0.3, -0.25) is 0 Å². The molecular formula is C10H10N2OS. The van der Waals surface area contributed by atoms with Gasteiger partial charge in [-0.1, -0.05) is 0 Å². The Morgan fingerprint density at radius 2 is 2.00 bits per heavy atom. The molecular weight excluding hydrogens is 196 g/mol. The quantitative estimate of drug-likeness (QED) is 0.816. The maximum Gasteiger partial charge on any atom is 0.116 e. The van der Waals surface area contributed by atoms with Gasteiger partial charge in [-0.2, -0.15) is 0 Å². The SMILES string of the molecule is Cc1ccc(C(O)c2cncnc2)s1. The Labute approximate surface area is 86.1 Å². The first-order valence-corrected chi connectivity index (χ1v) is 5.08. The lowest BCUT2D eigenvalue weighted by Crippen LogP contribution is -1.97. The van der Waals surface area contributed by atoms with Gasteiger partial charge in [0.05, 0.1) is 0 Å². The van der Waals surface area contributed by atoms with Gasteiger partial charge >= 0.3 is 0 Å². The molecule has 1 atom stereocenters. The average molecular weight is 206 g/mol. The summed E-state index contributed by atoms with van der Waals surface area (Å²) >= 11 is 1.59. The van der Waals surface area contributed by atoms with Gasteiger partial charge in [0.2, 0.25) is 0 Å². The first-order chi connectivity index (χ1) is 6.77. The van der Waals surface area contributed by atoms with Gasteiger partial charge in [0, 0.05) is 27.7 Å². The Kier molecular flexibility index (Phi) is 2.56. The highest BCUT2D eigenvalue weighted by molar-refractivity contribution is 7.12. The zero-order valence-electron chi connectivity index (χ0n) is 7.71. The van der Waals surface area contributed by atoms with E-state index in [-0.39, 0.29) is 0 Å². The van der Waals surface area contributed by atoms with Crippen LogP contribution in [0, 0.1) is 6.92 Å². The zero-order chi connectivity index (χ0) is 9.97. The number of aromatic nitrogens is 2. The lowest BCUT2D eigenvalue weighted by Gasteiger charge is -2.06. The molecule has 4 heteroatoms. The van der Waals surface area contributed by atoms with Gasteiger partial charge < -0.3 is 5.11 Å². The molecule has 0 radical (unpaired) electrons. The molecule has 0 fully saturated rings. The number of rotatable bonds is 2. The Balaban J connectivity index is 2.29. The summed E-state index contributed by atoms with van der Waals surface area (Å²) in [7, 11) is 0. The largest absolute Gasteiger partial charge is 0.383 e. The summed E-state index contributed by atoms with van der Waals surface area (Å²) in [5, 5.41) is 9.94. The fourth-order valence-electron chi connectivity index (χ4n) is 1.22. The number of hydrogen-bond donors (Lipinski definition) is 1. The second-order valence-electron chi connectivity index (χ2n) is 3.02. The fourth-order valence-corrected chi connectivity index (χ4v) is 2.11. The first-order valence-electron chi connectivity index (χ1n) is 4.26. The molecule has 1 N–H and O–H groups in total. The number of aliphatic hydroxyl groups excluding tert-OH is 1. The fraction of sp³-hybridized carbons (Fsp3) is 0.200. The monoisotopic (exact) mass is 206 g/mol. The third kappa shape index (κ3) is 1.81. The molecule has 0 aromatic carbocycles. The lowest BCUT2D eigenvalue weighted by atomic mass is 10.2. The maximum absolute atomic E-state index is 9.94. The molecule has 0 aliphatic rings. The second-order valence-corrected chi connectivity index (χ2v) is 4.34. The number of aliphatic hydroxyl groups is 1. The number of aryl methyl sites for hydroxylation is 1. The summed E-state index contributed by atoms with van der Waals surface area (Å²) in [5.41, 5.74) is 0.731. The molecule has 0 saturated heterocycles. The van der Waals surface area contributed by atoms with Crippen LogP contribution in [0.2, 0.25) is 0 Å². The van der Waals surface area contributed by atoms with Crippen LogP contribution in [0.3, 0.4) is 0 Å². The van der Waals surface area contributed by atoms with Gasteiger partial charge in [0.15, 0.2) is 0 Å². The maximum atomic E-state index is 9.94. The van der Waals surface area contributed by atoms with Crippen LogP contribution in [0.1, 0.15) is 21.4 Å². The van der Waals surface area contributed by atoms with Crippen molar-refractivity contribution < 1.29 is 5.11 Å². The number of thiophene rings is 1. The zero-order valence-corrected chi connectivity index (χ0v) is 8.53. The number of hydrogen-bond acceptors (Lipinski definition) is 4. The smallest absolute Gasteiger partial charge is 0.116 e. The van der Waals surface area contributed by atoms with Crippen LogP contribution in [-0.4, -0.2) is 15.1 Å². The van der Waals surface area contributed by atoms with Gasteiger partial charge in [0.1, 0.15) is 12.4 Å². The molecule has 0 amide bonds. The molecule has 2 heterocycles. The summed E-state index contributed by atoms with van der Waals surface area (Å²) < 4.78 is 0. The lowest BCUT2D eigenvalue weighted by molar-refractivity contribution is 0.223. The van der Waals surface area contributed by atoms with Crippen molar-refractivity contribution >= 4 is 11.3 Å². The third-order valence-electron chi connectivity index (χ3n) is 1.93. The van der Waals surface area contributed by atoms with Crippen LogP contribution in [0.25, 0.3) is 0 Å². The van der Waals surface area contributed by atoms with Gasteiger partial charge in [-0.25, -0.2) is 9.97 Å². The molecule has 72 valence electrons. The van der Waals surface area contributed by atoms with Crippen molar-refractivity contribution in [3.05, 3.63) is 46.2 Å². The van der Waals surface area contributed by atoms with E-state index in [1.807, 2.05) is 19.1 Å². The van der Waals surface area contributed by atoms with Gasteiger partial charge in [-0.05, 0) is 19.1 Å². The minimum absolute atomic E-state index is 0.602. The van der Waals surface area contributed by atoms with Crippen molar-refractivity contribution in [2.24, 2.45) is 0 Å². The van der Waals surface area contributed by atoms with E-state index in [1.165, 1.54) is 11.2 Å². The summed E-state index contributed by atoms with van der Waals surface area (Å²) in [6.07, 6.45) is 4.12. The second kappa shape index (κ2) is 3.86. The van der Waals surface area contributed by atoms with Gasteiger partial charge in [-0.15, -0.1) is 11.3 Å². The Morgan fingerprint density at radius 3 is 2.57 bits per heavy atom. The predicted molar refractivity (Wildman–Crippen MR) is 55.1 cm³/mol. The van der Waals surface area contributed by atoms with Crippen molar-refractivity contribution in [3.63, 3.8) is 0 Å². The van der Waals surface area contributed by atoms with Crippen LogP contribution in [0.4, 0.5) is 0 Å².